The van der Waals surface area contributed by atoms with Crippen LogP contribution in [0.4, 0.5) is 4.39 Å². The van der Waals surface area contributed by atoms with Gasteiger partial charge >= 0.3 is 0 Å². The van der Waals surface area contributed by atoms with E-state index in [4.69, 9.17) is 5.73 Å². The number of amides is 1. The van der Waals surface area contributed by atoms with Crippen LogP contribution in [-0.2, 0) is 11.2 Å². The smallest absolute Gasteiger partial charge is 0.227 e. The number of hydrogen-bond acceptors (Lipinski definition) is 2. The summed E-state index contributed by atoms with van der Waals surface area (Å²) in [7, 11) is 0. The summed E-state index contributed by atoms with van der Waals surface area (Å²) >= 11 is 0. The average molecular weight is 259 g/mol. The highest BCUT2D eigenvalue weighted by Crippen LogP contribution is 2.10. The predicted octanol–water partition coefficient (Wildman–Crippen LogP) is 1.35. The quantitative estimate of drug-likeness (QED) is 0.871. The van der Waals surface area contributed by atoms with Crippen LogP contribution in [0.3, 0.4) is 0 Å². The molecule has 0 radical (unpaired) electrons. The van der Waals surface area contributed by atoms with Gasteiger partial charge in [-0.2, -0.15) is 0 Å². The molecular weight excluding hydrogens is 243 g/mol. The van der Waals surface area contributed by atoms with Gasteiger partial charge in [-0.1, -0.05) is 12.1 Å². The molecule has 1 amide bonds. The van der Waals surface area contributed by atoms with Crippen molar-refractivity contribution in [2.45, 2.75) is 18.9 Å². The lowest BCUT2D eigenvalue weighted by Gasteiger charge is -2.15. The zero-order chi connectivity index (χ0) is 11.5. The molecule has 0 aliphatic carbocycles. The van der Waals surface area contributed by atoms with Crippen LogP contribution in [-0.4, -0.2) is 29.9 Å². The van der Waals surface area contributed by atoms with Gasteiger partial charge in [-0.05, 0) is 24.1 Å². The molecule has 5 heteroatoms. The first-order valence-electron chi connectivity index (χ1n) is 5.43. The number of benzene rings is 1. The van der Waals surface area contributed by atoms with Crippen molar-refractivity contribution in [1.29, 1.82) is 0 Å². The Morgan fingerprint density at radius 1 is 1.41 bits per heavy atom. The molecule has 1 heterocycles. The summed E-state index contributed by atoms with van der Waals surface area (Å²) in [6, 6.07) is 6.14. The molecule has 3 nitrogen and oxygen atoms in total. The van der Waals surface area contributed by atoms with Gasteiger partial charge in [0.25, 0.3) is 0 Å². The molecule has 2 N–H and O–H groups in total. The van der Waals surface area contributed by atoms with Gasteiger partial charge in [-0.3, -0.25) is 4.79 Å². The molecule has 1 saturated heterocycles. The van der Waals surface area contributed by atoms with E-state index >= 15 is 0 Å². The molecule has 1 aliphatic heterocycles. The highest BCUT2D eigenvalue weighted by atomic mass is 35.5. The van der Waals surface area contributed by atoms with Gasteiger partial charge < -0.3 is 10.6 Å². The lowest BCUT2D eigenvalue weighted by Crippen LogP contribution is -2.32. The van der Waals surface area contributed by atoms with Gasteiger partial charge in [0.15, 0.2) is 0 Å². The Bertz CT molecular complexity index is 383. The monoisotopic (exact) mass is 258 g/mol. The summed E-state index contributed by atoms with van der Waals surface area (Å²) in [6.45, 7) is 1.38. The maximum atomic E-state index is 12.7. The second-order valence-corrected chi connectivity index (χ2v) is 4.19. The fourth-order valence-corrected chi connectivity index (χ4v) is 1.90. The van der Waals surface area contributed by atoms with E-state index in [9.17, 15) is 9.18 Å². The first-order chi connectivity index (χ1) is 7.65. The second kappa shape index (κ2) is 5.98. The van der Waals surface area contributed by atoms with Crippen molar-refractivity contribution >= 4 is 18.3 Å². The van der Waals surface area contributed by atoms with Crippen LogP contribution in [0.1, 0.15) is 12.0 Å². The van der Waals surface area contributed by atoms with Crippen molar-refractivity contribution in [3.8, 4) is 0 Å². The maximum absolute atomic E-state index is 12.7. The first-order valence-corrected chi connectivity index (χ1v) is 5.43. The Morgan fingerprint density at radius 3 is 2.59 bits per heavy atom. The average Bonchev–Trinajstić information content (AvgIpc) is 2.68. The van der Waals surface area contributed by atoms with Gasteiger partial charge in [0.2, 0.25) is 5.91 Å². The van der Waals surface area contributed by atoms with Gasteiger partial charge in [-0.15, -0.1) is 12.4 Å². The lowest BCUT2D eigenvalue weighted by molar-refractivity contribution is -0.129. The molecule has 1 aliphatic rings. The van der Waals surface area contributed by atoms with Gasteiger partial charge in [0.1, 0.15) is 5.82 Å². The minimum atomic E-state index is -0.278. The van der Waals surface area contributed by atoms with Crippen LogP contribution in [0.15, 0.2) is 24.3 Å². The zero-order valence-electron chi connectivity index (χ0n) is 9.43. The van der Waals surface area contributed by atoms with Gasteiger partial charge in [-0.25, -0.2) is 4.39 Å². The minimum absolute atomic E-state index is 0. The Labute approximate surface area is 106 Å². The van der Waals surface area contributed by atoms with Crippen LogP contribution in [0.5, 0.6) is 0 Å². The highest BCUT2D eigenvalue weighted by molar-refractivity contribution is 5.85. The van der Waals surface area contributed by atoms with Crippen molar-refractivity contribution in [3.63, 3.8) is 0 Å². The number of likely N-dealkylation sites (tertiary alicyclic amines) is 1. The lowest BCUT2D eigenvalue weighted by atomic mass is 10.1. The molecule has 0 aromatic heterocycles. The number of halogens is 2. The van der Waals surface area contributed by atoms with E-state index in [-0.39, 0.29) is 30.2 Å². The van der Waals surface area contributed by atoms with Gasteiger partial charge in [0, 0.05) is 19.1 Å². The van der Waals surface area contributed by atoms with Crippen LogP contribution < -0.4 is 5.73 Å². The molecular formula is C12H16ClFN2O. The van der Waals surface area contributed by atoms with Crippen LogP contribution >= 0.6 is 12.4 Å². The molecule has 1 aromatic rings. The number of carbonyl (C=O) groups excluding carboxylic acids is 1. The second-order valence-electron chi connectivity index (χ2n) is 4.19. The third-order valence-electron chi connectivity index (χ3n) is 2.85. The maximum Gasteiger partial charge on any atom is 0.227 e. The Morgan fingerprint density at radius 2 is 2.06 bits per heavy atom. The van der Waals surface area contributed by atoms with E-state index in [1.807, 2.05) is 0 Å². The zero-order valence-corrected chi connectivity index (χ0v) is 10.3. The van der Waals surface area contributed by atoms with Crippen molar-refractivity contribution in [3.05, 3.63) is 35.6 Å². The Hall–Kier alpha value is -1.13. The minimum Gasteiger partial charge on any atom is -0.341 e. The standard InChI is InChI=1S/C12H15FN2O.ClH/c13-10-3-1-9(2-4-10)7-12(16)15-6-5-11(14)8-15;/h1-4,11H,5-8,14H2;1H. The number of hydrogen-bond donors (Lipinski definition) is 1. The number of rotatable bonds is 2. The number of carbonyl (C=O) groups is 1. The number of nitrogens with two attached hydrogens (primary N) is 1. The molecule has 94 valence electrons. The molecule has 1 fully saturated rings. The summed E-state index contributed by atoms with van der Waals surface area (Å²) in [6.07, 6.45) is 1.20. The van der Waals surface area contributed by atoms with Crippen molar-refractivity contribution < 1.29 is 9.18 Å². The summed E-state index contributed by atoms with van der Waals surface area (Å²) < 4.78 is 12.7. The highest BCUT2D eigenvalue weighted by Gasteiger charge is 2.23. The number of nitrogens with zero attached hydrogens (tertiary/aromatic N) is 1. The predicted molar refractivity (Wildman–Crippen MR) is 66.5 cm³/mol. The fraction of sp³-hybridized carbons (Fsp3) is 0.417. The first kappa shape index (κ1) is 13.9. The molecule has 1 unspecified atom stereocenters. The SMILES string of the molecule is Cl.NC1CCN(C(=O)Cc2ccc(F)cc2)C1. The molecule has 0 bridgehead atoms. The fourth-order valence-electron chi connectivity index (χ4n) is 1.90. The summed E-state index contributed by atoms with van der Waals surface area (Å²) in [5.74, 6) is -0.209. The molecule has 17 heavy (non-hydrogen) atoms. The van der Waals surface area contributed by atoms with Crippen molar-refractivity contribution in [2.24, 2.45) is 5.73 Å². The van der Waals surface area contributed by atoms with Crippen LogP contribution in [0, 0.1) is 5.82 Å². The van der Waals surface area contributed by atoms with Crippen molar-refractivity contribution in [2.75, 3.05) is 13.1 Å². The van der Waals surface area contributed by atoms with E-state index in [0.29, 0.717) is 13.0 Å². The molecule has 2 rings (SSSR count). The van der Waals surface area contributed by atoms with Gasteiger partial charge in [0.05, 0.1) is 6.42 Å². The third-order valence-corrected chi connectivity index (χ3v) is 2.85. The van der Waals surface area contributed by atoms with Crippen LogP contribution in [0.25, 0.3) is 0 Å². The van der Waals surface area contributed by atoms with E-state index in [1.165, 1.54) is 12.1 Å². The summed E-state index contributed by atoms with van der Waals surface area (Å²) in [4.78, 5) is 13.6. The summed E-state index contributed by atoms with van der Waals surface area (Å²) in [5, 5.41) is 0. The molecule has 0 saturated carbocycles. The summed E-state index contributed by atoms with van der Waals surface area (Å²) in [5.41, 5.74) is 6.57. The Balaban J connectivity index is 0.00000144. The van der Waals surface area contributed by atoms with Crippen LogP contribution in [0.2, 0.25) is 0 Å². The van der Waals surface area contributed by atoms with E-state index in [0.717, 1.165) is 18.5 Å². The Kier molecular flexibility index (Phi) is 4.90. The third kappa shape index (κ3) is 3.68. The molecule has 0 spiro atoms. The van der Waals surface area contributed by atoms with E-state index in [1.54, 1.807) is 17.0 Å². The largest absolute Gasteiger partial charge is 0.341 e. The van der Waals surface area contributed by atoms with E-state index < -0.39 is 0 Å². The molecule has 1 aromatic carbocycles. The van der Waals surface area contributed by atoms with E-state index in [2.05, 4.69) is 0 Å². The van der Waals surface area contributed by atoms with Crippen molar-refractivity contribution in [1.82, 2.24) is 4.90 Å². The topological polar surface area (TPSA) is 46.3 Å². The molecule has 1 atom stereocenters. The normalized spacial score (nSPS) is 18.9.